The average molecular weight is 285 g/mol. The highest BCUT2D eigenvalue weighted by Crippen LogP contribution is 2.27. The van der Waals surface area contributed by atoms with E-state index in [1.165, 1.54) is 19.2 Å². The Kier molecular flexibility index (Phi) is 3.49. The quantitative estimate of drug-likeness (QED) is 0.485. The Bertz CT molecular complexity index is 653. The predicted octanol–water partition coefficient (Wildman–Crippen LogP) is 0.280. The van der Waals surface area contributed by atoms with Gasteiger partial charge in [0, 0.05) is 24.8 Å². The molecular weight excluding hydrogens is 274 g/mol. The van der Waals surface area contributed by atoms with E-state index >= 15 is 0 Å². The van der Waals surface area contributed by atoms with Gasteiger partial charge < -0.3 is 4.74 Å². The molecule has 0 amide bonds. The summed E-state index contributed by atoms with van der Waals surface area (Å²) < 4.78 is 30.7. The molecule has 0 atom stereocenters. The van der Waals surface area contributed by atoms with Gasteiger partial charge in [-0.15, -0.1) is 0 Å². The molecule has 8 nitrogen and oxygen atoms in total. The maximum atomic E-state index is 11.8. The summed E-state index contributed by atoms with van der Waals surface area (Å²) in [4.78, 5) is 13.9. The molecule has 1 aliphatic heterocycles. The van der Waals surface area contributed by atoms with Gasteiger partial charge in [0.1, 0.15) is 10.7 Å². The zero-order valence-corrected chi connectivity index (χ0v) is 10.8. The Hall–Kier alpha value is -2.00. The Labute approximate surface area is 109 Å². The lowest BCUT2D eigenvalue weighted by molar-refractivity contribution is -0.385. The minimum atomic E-state index is -3.77. The van der Waals surface area contributed by atoms with E-state index in [9.17, 15) is 18.5 Å². The molecule has 1 aliphatic rings. The van der Waals surface area contributed by atoms with Gasteiger partial charge in [-0.3, -0.25) is 19.8 Å². The van der Waals surface area contributed by atoms with Gasteiger partial charge in [-0.2, -0.15) is 0 Å². The fourth-order valence-corrected chi connectivity index (χ4v) is 2.92. The molecule has 1 aromatic rings. The van der Waals surface area contributed by atoms with Crippen LogP contribution in [0.2, 0.25) is 0 Å². The molecular formula is C10H11N3O5S. The highest BCUT2D eigenvalue weighted by Gasteiger charge is 2.32. The molecule has 0 saturated carbocycles. The second kappa shape index (κ2) is 4.94. The van der Waals surface area contributed by atoms with E-state index < -0.39 is 14.9 Å². The van der Waals surface area contributed by atoms with Crippen LogP contribution in [0, 0.1) is 10.1 Å². The van der Waals surface area contributed by atoms with Crippen LogP contribution in [-0.2, 0) is 14.8 Å². The van der Waals surface area contributed by atoms with Crippen molar-refractivity contribution < 1.29 is 18.1 Å². The van der Waals surface area contributed by atoms with Crippen LogP contribution in [-0.4, -0.2) is 39.4 Å². The summed E-state index contributed by atoms with van der Waals surface area (Å²) in [5.74, 6) is 0.182. The number of aliphatic imine (C=N–C) groups is 1. The third-order valence-corrected chi connectivity index (χ3v) is 3.90. The average Bonchev–Trinajstić information content (AvgIpc) is 2.61. The number of methoxy groups -OCH3 is 1. The molecule has 0 aromatic heterocycles. The Morgan fingerprint density at radius 2 is 2.21 bits per heavy atom. The summed E-state index contributed by atoms with van der Waals surface area (Å²) in [5.41, 5.74) is 0.0592. The number of ether oxygens (including phenoxy) is 1. The van der Waals surface area contributed by atoms with Crippen molar-refractivity contribution in [2.24, 2.45) is 4.99 Å². The lowest BCUT2D eigenvalue weighted by atomic mass is 10.2. The molecule has 2 rings (SSSR count). The van der Waals surface area contributed by atoms with E-state index in [-0.39, 0.29) is 16.4 Å². The number of hydrogen-bond acceptors (Lipinski definition) is 6. The van der Waals surface area contributed by atoms with Crippen molar-refractivity contribution >= 4 is 21.5 Å². The number of nitrogens with zero attached hydrogens (tertiary/aromatic N) is 2. The van der Waals surface area contributed by atoms with Crippen molar-refractivity contribution in [3.63, 3.8) is 0 Å². The summed E-state index contributed by atoms with van der Waals surface area (Å²) in [5, 5.41) is 10.6. The lowest BCUT2D eigenvalue weighted by Crippen LogP contribution is -2.22. The molecule has 19 heavy (non-hydrogen) atoms. The number of benzene rings is 1. The Morgan fingerprint density at radius 1 is 1.47 bits per heavy atom. The number of nitro benzene ring substituents is 1. The molecule has 0 spiro atoms. The Morgan fingerprint density at radius 3 is 2.84 bits per heavy atom. The van der Waals surface area contributed by atoms with Crippen LogP contribution in [0.25, 0.3) is 0 Å². The lowest BCUT2D eigenvalue weighted by Gasteiger charge is -1.98. The third-order valence-electron chi connectivity index (χ3n) is 2.52. The third kappa shape index (κ3) is 2.56. The number of fused-ring (bicyclic) bond motifs is 1. The highest BCUT2D eigenvalue weighted by atomic mass is 32.2. The molecule has 9 heteroatoms. The molecule has 0 unspecified atom stereocenters. The molecule has 0 bridgehead atoms. The van der Waals surface area contributed by atoms with Gasteiger partial charge in [0.25, 0.3) is 15.7 Å². The number of hydrogen-bond donors (Lipinski definition) is 1. The summed E-state index contributed by atoms with van der Waals surface area (Å²) >= 11 is 0. The van der Waals surface area contributed by atoms with Crippen LogP contribution < -0.4 is 4.72 Å². The minimum Gasteiger partial charge on any atom is -0.383 e. The second-order valence-corrected chi connectivity index (χ2v) is 5.42. The van der Waals surface area contributed by atoms with E-state index in [1.807, 2.05) is 0 Å². The number of nitro groups is 1. The molecule has 1 N–H and O–H groups in total. The molecule has 0 fully saturated rings. The van der Waals surface area contributed by atoms with Gasteiger partial charge in [0.05, 0.1) is 18.1 Å². The molecule has 0 saturated heterocycles. The van der Waals surface area contributed by atoms with E-state index in [0.29, 0.717) is 18.7 Å². The van der Waals surface area contributed by atoms with E-state index in [4.69, 9.17) is 4.74 Å². The maximum absolute atomic E-state index is 11.8. The molecule has 1 heterocycles. The van der Waals surface area contributed by atoms with Gasteiger partial charge in [0.2, 0.25) is 0 Å². The molecule has 1 aromatic carbocycles. The smallest absolute Gasteiger partial charge is 0.270 e. The number of sulfonamides is 1. The zero-order valence-electron chi connectivity index (χ0n) is 9.99. The number of nitrogens with one attached hydrogen (secondary N) is 1. The molecule has 102 valence electrons. The normalized spacial score (nSPS) is 18.1. The van der Waals surface area contributed by atoms with Crippen molar-refractivity contribution in [3.8, 4) is 0 Å². The summed E-state index contributed by atoms with van der Waals surface area (Å²) in [6.07, 6.45) is 0. The van der Waals surface area contributed by atoms with Gasteiger partial charge in [0.15, 0.2) is 0 Å². The minimum absolute atomic E-state index is 0.127. The van der Waals surface area contributed by atoms with Crippen molar-refractivity contribution in [1.29, 1.82) is 0 Å². The van der Waals surface area contributed by atoms with Gasteiger partial charge >= 0.3 is 0 Å². The zero-order chi connectivity index (χ0) is 14.0. The van der Waals surface area contributed by atoms with Crippen LogP contribution >= 0.6 is 0 Å². The Balaban J connectivity index is 2.46. The van der Waals surface area contributed by atoms with E-state index in [1.54, 1.807) is 0 Å². The number of rotatable bonds is 4. The monoisotopic (exact) mass is 285 g/mol. The first-order chi connectivity index (χ1) is 8.95. The summed E-state index contributed by atoms with van der Waals surface area (Å²) in [6, 6.07) is 3.64. The predicted molar refractivity (Wildman–Crippen MR) is 66.7 cm³/mol. The van der Waals surface area contributed by atoms with Crippen LogP contribution in [0.3, 0.4) is 0 Å². The summed E-state index contributed by atoms with van der Waals surface area (Å²) in [6.45, 7) is 0.651. The molecule has 0 radical (unpaired) electrons. The van der Waals surface area contributed by atoms with Gasteiger partial charge in [-0.1, -0.05) is 0 Å². The number of non-ortho nitro benzene ring substituents is 1. The van der Waals surface area contributed by atoms with Crippen molar-refractivity contribution in [1.82, 2.24) is 4.72 Å². The summed E-state index contributed by atoms with van der Waals surface area (Å²) in [7, 11) is -2.26. The second-order valence-electron chi connectivity index (χ2n) is 3.77. The van der Waals surface area contributed by atoms with Crippen molar-refractivity contribution in [2.45, 2.75) is 4.90 Å². The fourth-order valence-electron chi connectivity index (χ4n) is 1.65. The number of amidine groups is 1. The standard InChI is InChI=1S/C10H11N3O5S/c1-18-5-4-11-10-8-3-2-7(13(14)15)6-9(8)19(16,17)12-10/h2-3,6H,4-5H2,1H3,(H,11,12). The first-order valence-electron chi connectivity index (χ1n) is 5.31. The topological polar surface area (TPSA) is 111 Å². The van der Waals surface area contributed by atoms with Crippen LogP contribution in [0.4, 0.5) is 5.69 Å². The first-order valence-corrected chi connectivity index (χ1v) is 6.79. The first kappa shape index (κ1) is 13.4. The van der Waals surface area contributed by atoms with E-state index in [0.717, 1.165) is 6.07 Å². The molecule has 0 aliphatic carbocycles. The van der Waals surface area contributed by atoms with Crippen LogP contribution in [0.1, 0.15) is 5.56 Å². The largest absolute Gasteiger partial charge is 0.383 e. The van der Waals surface area contributed by atoms with Crippen molar-refractivity contribution in [2.75, 3.05) is 20.3 Å². The SMILES string of the molecule is COCCN=C1NS(=O)(=O)c2cc([N+](=O)[O-])ccc21. The van der Waals surface area contributed by atoms with Gasteiger partial charge in [-0.25, -0.2) is 8.42 Å². The van der Waals surface area contributed by atoms with E-state index in [2.05, 4.69) is 9.71 Å². The van der Waals surface area contributed by atoms with Crippen LogP contribution in [0.5, 0.6) is 0 Å². The highest BCUT2D eigenvalue weighted by molar-refractivity contribution is 7.90. The fraction of sp³-hybridized carbons (Fsp3) is 0.300. The van der Waals surface area contributed by atoms with Gasteiger partial charge in [-0.05, 0) is 6.07 Å². The van der Waals surface area contributed by atoms with Crippen LogP contribution in [0.15, 0.2) is 28.1 Å². The van der Waals surface area contributed by atoms with Crippen molar-refractivity contribution in [3.05, 3.63) is 33.9 Å². The maximum Gasteiger partial charge on any atom is 0.270 e.